The molecular formula is C15H23ClN2. The van der Waals surface area contributed by atoms with Gasteiger partial charge in [0.05, 0.1) is 0 Å². The Bertz CT molecular complexity index is 361. The van der Waals surface area contributed by atoms with Crippen LogP contribution in [0.1, 0.15) is 37.8 Å². The van der Waals surface area contributed by atoms with Crippen molar-refractivity contribution < 1.29 is 0 Å². The summed E-state index contributed by atoms with van der Waals surface area (Å²) in [7, 11) is 0. The molecule has 0 saturated carbocycles. The monoisotopic (exact) mass is 266 g/mol. The lowest BCUT2D eigenvalue weighted by Crippen LogP contribution is -2.26. The smallest absolute Gasteiger partial charge is 0.0409 e. The number of halogens is 1. The molecule has 0 bridgehead atoms. The molecule has 0 radical (unpaired) electrons. The summed E-state index contributed by atoms with van der Waals surface area (Å²) in [6, 6.07) is 8.48. The fourth-order valence-electron chi connectivity index (χ4n) is 2.52. The summed E-state index contributed by atoms with van der Waals surface area (Å²) in [6.45, 7) is 7.09. The molecule has 2 nitrogen and oxygen atoms in total. The summed E-state index contributed by atoms with van der Waals surface area (Å²) in [5.74, 6) is 0. The molecule has 1 aromatic carbocycles. The summed E-state index contributed by atoms with van der Waals surface area (Å²) in [5.41, 5.74) is 1.27. The van der Waals surface area contributed by atoms with Crippen LogP contribution in [0, 0.1) is 0 Å². The van der Waals surface area contributed by atoms with Gasteiger partial charge in [-0.3, -0.25) is 0 Å². The molecule has 100 valence electrons. The van der Waals surface area contributed by atoms with Gasteiger partial charge in [0.25, 0.3) is 0 Å². The van der Waals surface area contributed by atoms with E-state index in [1.165, 1.54) is 44.5 Å². The third kappa shape index (κ3) is 4.27. The summed E-state index contributed by atoms with van der Waals surface area (Å²) < 4.78 is 0. The maximum absolute atomic E-state index is 6.00. The molecule has 1 heterocycles. The highest BCUT2D eigenvalue weighted by Crippen LogP contribution is 2.17. The number of rotatable bonds is 6. The van der Waals surface area contributed by atoms with E-state index in [0.717, 1.165) is 11.6 Å². The zero-order valence-corrected chi connectivity index (χ0v) is 11.9. The molecule has 0 amide bonds. The van der Waals surface area contributed by atoms with E-state index in [4.69, 9.17) is 11.6 Å². The highest BCUT2D eigenvalue weighted by molar-refractivity contribution is 6.30. The normalized spacial score (nSPS) is 18.1. The first-order valence-corrected chi connectivity index (χ1v) is 7.35. The van der Waals surface area contributed by atoms with Gasteiger partial charge >= 0.3 is 0 Å². The second-order valence-corrected chi connectivity index (χ2v) is 5.57. The Balaban J connectivity index is 1.66. The van der Waals surface area contributed by atoms with E-state index in [9.17, 15) is 0 Å². The van der Waals surface area contributed by atoms with Gasteiger partial charge < -0.3 is 10.2 Å². The fourth-order valence-corrected chi connectivity index (χ4v) is 2.72. The molecule has 1 saturated heterocycles. The molecule has 3 heteroatoms. The van der Waals surface area contributed by atoms with E-state index in [1.54, 1.807) is 0 Å². The summed E-state index contributed by atoms with van der Waals surface area (Å²) in [6.07, 6.45) is 3.99. The highest BCUT2D eigenvalue weighted by atomic mass is 35.5. The van der Waals surface area contributed by atoms with Crippen molar-refractivity contribution in [1.29, 1.82) is 0 Å². The second kappa shape index (κ2) is 7.13. The van der Waals surface area contributed by atoms with Crippen LogP contribution in [0.4, 0.5) is 0 Å². The molecule has 1 aliphatic rings. The first-order chi connectivity index (χ1) is 8.75. The average Bonchev–Trinajstić information content (AvgIpc) is 2.87. The molecule has 0 spiro atoms. The van der Waals surface area contributed by atoms with Crippen LogP contribution in [-0.4, -0.2) is 31.1 Å². The van der Waals surface area contributed by atoms with Gasteiger partial charge in [0, 0.05) is 11.1 Å². The maximum atomic E-state index is 6.00. The predicted octanol–water partition coefficient (Wildman–Crippen LogP) is 3.48. The van der Waals surface area contributed by atoms with Crippen molar-refractivity contribution in [3.8, 4) is 0 Å². The van der Waals surface area contributed by atoms with Gasteiger partial charge in [0.2, 0.25) is 0 Å². The Morgan fingerprint density at radius 1 is 1.33 bits per heavy atom. The first-order valence-electron chi connectivity index (χ1n) is 6.97. The lowest BCUT2D eigenvalue weighted by atomic mass is 10.1. The van der Waals surface area contributed by atoms with Crippen molar-refractivity contribution >= 4 is 11.6 Å². The van der Waals surface area contributed by atoms with E-state index in [0.29, 0.717) is 6.04 Å². The minimum absolute atomic E-state index is 0.377. The third-order valence-corrected chi connectivity index (χ3v) is 3.88. The van der Waals surface area contributed by atoms with Crippen LogP contribution < -0.4 is 5.32 Å². The van der Waals surface area contributed by atoms with Crippen molar-refractivity contribution in [3.05, 3.63) is 34.9 Å². The molecule has 1 atom stereocenters. The summed E-state index contributed by atoms with van der Waals surface area (Å²) >= 11 is 6.00. The van der Waals surface area contributed by atoms with Crippen LogP contribution in [0.25, 0.3) is 0 Å². The molecule has 2 rings (SSSR count). The topological polar surface area (TPSA) is 15.3 Å². The minimum Gasteiger partial charge on any atom is -0.310 e. The number of hydrogen-bond acceptors (Lipinski definition) is 2. The van der Waals surface area contributed by atoms with Gasteiger partial charge in [-0.2, -0.15) is 0 Å². The quantitative estimate of drug-likeness (QED) is 0.793. The van der Waals surface area contributed by atoms with E-state index in [1.807, 2.05) is 18.2 Å². The largest absolute Gasteiger partial charge is 0.310 e. The zero-order chi connectivity index (χ0) is 12.8. The Kier molecular flexibility index (Phi) is 5.48. The van der Waals surface area contributed by atoms with Crippen LogP contribution in [0.15, 0.2) is 24.3 Å². The fraction of sp³-hybridized carbons (Fsp3) is 0.600. The Labute approximate surface area is 115 Å². The molecule has 1 aliphatic heterocycles. The maximum Gasteiger partial charge on any atom is 0.0409 e. The average molecular weight is 267 g/mol. The van der Waals surface area contributed by atoms with Gasteiger partial charge in [-0.25, -0.2) is 0 Å². The number of likely N-dealkylation sites (tertiary alicyclic amines) is 1. The van der Waals surface area contributed by atoms with Crippen LogP contribution >= 0.6 is 11.6 Å². The Hall–Kier alpha value is -0.570. The third-order valence-electron chi connectivity index (χ3n) is 3.65. The number of nitrogens with zero attached hydrogens (tertiary/aromatic N) is 1. The zero-order valence-electron chi connectivity index (χ0n) is 11.2. The summed E-state index contributed by atoms with van der Waals surface area (Å²) in [4.78, 5) is 2.56. The SMILES string of the molecule is C[C@@H](NCCCN1CCCC1)c1cccc(Cl)c1. The van der Waals surface area contributed by atoms with E-state index in [2.05, 4.69) is 23.2 Å². The molecule has 1 aromatic rings. The van der Waals surface area contributed by atoms with Crippen molar-refractivity contribution in [2.45, 2.75) is 32.2 Å². The predicted molar refractivity (Wildman–Crippen MR) is 78.2 cm³/mol. The van der Waals surface area contributed by atoms with Crippen LogP contribution in [0.2, 0.25) is 5.02 Å². The van der Waals surface area contributed by atoms with E-state index >= 15 is 0 Å². The second-order valence-electron chi connectivity index (χ2n) is 5.13. The minimum atomic E-state index is 0.377. The number of hydrogen-bond donors (Lipinski definition) is 1. The van der Waals surface area contributed by atoms with Crippen molar-refractivity contribution in [3.63, 3.8) is 0 Å². The van der Waals surface area contributed by atoms with Crippen molar-refractivity contribution in [1.82, 2.24) is 10.2 Å². The molecule has 1 fully saturated rings. The molecule has 0 unspecified atom stereocenters. The molecule has 0 aromatic heterocycles. The Morgan fingerprint density at radius 3 is 2.83 bits per heavy atom. The van der Waals surface area contributed by atoms with Gasteiger partial charge in [-0.15, -0.1) is 0 Å². The molecular weight excluding hydrogens is 244 g/mol. The van der Waals surface area contributed by atoms with Crippen molar-refractivity contribution in [2.75, 3.05) is 26.2 Å². The van der Waals surface area contributed by atoms with Gasteiger partial charge in [-0.05, 0) is 70.1 Å². The van der Waals surface area contributed by atoms with Crippen LogP contribution in [0.5, 0.6) is 0 Å². The standard InChI is InChI=1S/C15H23ClN2/c1-13(14-6-4-7-15(16)12-14)17-8-5-11-18-9-2-3-10-18/h4,6-7,12-13,17H,2-3,5,8-11H2,1H3/t13-/m1/s1. The highest BCUT2D eigenvalue weighted by Gasteiger charge is 2.10. The molecule has 1 N–H and O–H groups in total. The van der Waals surface area contributed by atoms with E-state index < -0.39 is 0 Å². The number of benzene rings is 1. The van der Waals surface area contributed by atoms with Crippen LogP contribution in [-0.2, 0) is 0 Å². The van der Waals surface area contributed by atoms with E-state index in [-0.39, 0.29) is 0 Å². The lowest BCUT2D eigenvalue weighted by molar-refractivity contribution is 0.328. The molecule has 18 heavy (non-hydrogen) atoms. The van der Waals surface area contributed by atoms with Gasteiger partial charge in [-0.1, -0.05) is 23.7 Å². The van der Waals surface area contributed by atoms with Gasteiger partial charge in [0.15, 0.2) is 0 Å². The first kappa shape index (κ1) is 13.9. The lowest BCUT2D eigenvalue weighted by Gasteiger charge is -2.17. The van der Waals surface area contributed by atoms with Gasteiger partial charge in [0.1, 0.15) is 0 Å². The number of nitrogens with one attached hydrogen (secondary N) is 1. The van der Waals surface area contributed by atoms with Crippen LogP contribution in [0.3, 0.4) is 0 Å². The Morgan fingerprint density at radius 2 is 2.11 bits per heavy atom. The molecule has 0 aliphatic carbocycles. The van der Waals surface area contributed by atoms with Crippen molar-refractivity contribution in [2.24, 2.45) is 0 Å². The summed E-state index contributed by atoms with van der Waals surface area (Å²) in [5, 5.41) is 4.38.